The molecule has 0 aliphatic heterocycles. The zero-order valence-electron chi connectivity index (χ0n) is 11.6. The molecule has 1 aliphatic carbocycles. The Morgan fingerprint density at radius 3 is 2.50 bits per heavy atom. The Balaban J connectivity index is 1.92. The number of hydrazine groups is 1. The number of benzene rings is 1. The van der Waals surface area contributed by atoms with E-state index >= 15 is 0 Å². The Morgan fingerprint density at radius 2 is 1.75 bits per heavy atom. The molecule has 1 aliphatic rings. The van der Waals surface area contributed by atoms with Gasteiger partial charge < -0.3 is 5.32 Å². The van der Waals surface area contributed by atoms with E-state index in [9.17, 15) is 0 Å². The predicted octanol–water partition coefficient (Wildman–Crippen LogP) is 3.05. The van der Waals surface area contributed by atoms with E-state index in [1.165, 1.54) is 38.5 Å². The zero-order chi connectivity index (χ0) is 13.8. The topological polar surface area (TPSA) is 75.9 Å². The molecule has 1 saturated carbocycles. The maximum Gasteiger partial charge on any atom is 0.239 e. The molecule has 0 unspecified atom stereocenters. The number of aromatic nitrogens is 2. The third kappa shape index (κ3) is 2.82. The summed E-state index contributed by atoms with van der Waals surface area (Å²) in [5.41, 5.74) is 3.46. The van der Waals surface area contributed by atoms with Crippen LogP contribution in [0.25, 0.3) is 10.9 Å². The molecule has 1 aromatic heterocycles. The molecule has 1 aromatic carbocycles. The summed E-state index contributed by atoms with van der Waals surface area (Å²) in [6.07, 6.45) is 7.70. The van der Waals surface area contributed by atoms with Crippen molar-refractivity contribution in [3.8, 4) is 0 Å². The minimum Gasteiger partial charge on any atom is -0.367 e. The van der Waals surface area contributed by atoms with E-state index in [2.05, 4.69) is 26.8 Å². The van der Waals surface area contributed by atoms with Gasteiger partial charge in [-0.1, -0.05) is 37.8 Å². The van der Waals surface area contributed by atoms with E-state index in [0.717, 1.165) is 16.7 Å². The third-order valence-corrected chi connectivity index (χ3v) is 3.93. The first-order chi connectivity index (χ1) is 9.86. The Morgan fingerprint density at radius 1 is 1.00 bits per heavy atom. The fourth-order valence-electron chi connectivity index (χ4n) is 2.87. The van der Waals surface area contributed by atoms with Crippen LogP contribution in [0.1, 0.15) is 38.5 Å². The monoisotopic (exact) mass is 271 g/mol. The molecule has 0 atom stereocenters. The number of rotatable bonds is 3. The van der Waals surface area contributed by atoms with E-state index in [-0.39, 0.29) is 0 Å². The highest BCUT2D eigenvalue weighted by Gasteiger charge is 2.14. The number of para-hydroxylation sites is 1. The number of hydrogen-bond donors (Lipinski definition) is 3. The van der Waals surface area contributed by atoms with E-state index in [0.29, 0.717) is 12.0 Å². The van der Waals surface area contributed by atoms with Crippen LogP contribution in [0.4, 0.5) is 11.8 Å². The van der Waals surface area contributed by atoms with Crippen LogP contribution in [0.15, 0.2) is 24.3 Å². The van der Waals surface area contributed by atoms with Gasteiger partial charge in [-0.3, -0.25) is 5.43 Å². The molecular weight excluding hydrogens is 250 g/mol. The highest BCUT2D eigenvalue weighted by atomic mass is 15.3. The largest absolute Gasteiger partial charge is 0.367 e. The van der Waals surface area contributed by atoms with Gasteiger partial charge in [0.2, 0.25) is 5.95 Å². The molecule has 2 aromatic rings. The highest BCUT2D eigenvalue weighted by molar-refractivity contribution is 5.90. The van der Waals surface area contributed by atoms with Gasteiger partial charge in [0, 0.05) is 11.4 Å². The fourth-order valence-corrected chi connectivity index (χ4v) is 2.87. The van der Waals surface area contributed by atoms with Crippen LogP contribution < -0.4 is 16.6 Å². The van der Waals surface area contributed by atoms with Gasteiger partial charge in [0.25, 0.3) is 0 Å². The normalized spacial score (nSPS) is 16.9. The van der Waals surface area contributed by atoms with Crippen molar-refractivity contribution in [3.05, 3.63) is 24.3 Å². The zero-order valence-corrected chi connectivity index (χ0v) is 11.6. The number of nitrogens with one attached hydrogen (secondary N) is 2. The van der Waals surface area contributed by atoms with Gasteiger partial charge in [-0.25, -0.2) is 10.8 Å². The average Bonchev–Trinajstić information content (AvgIpc) is 2.75. The van der Waals surface area contributed by atoms with Crippen molar-refractivity contribution < 1.29 is 0 Å². The molecule has 0 amide bonds. The predicted molar refractivity (Wildman–Crippen MR) is 82.5 cm³/mol. The number of nitrogen functional groups attached to an aromatic ring is 1. The van der Waals surface area contributed by atoms with Crippen molar-refractivity contribution in [3.63, 3.8) is 0 Å². The molecule has 0 saturated heterocycles. The smallest absolute Gasteiger partial charge is 0.239 e. The molecule has 3 rings (SSSR count). The average molecular weight is 271 g/mol. The lowest BCUT2D eigenvalue weighted by Crippen LogP contribution is -2.20. The molecule has 4 N–H and O–H groups in total. The molecule has 0 bridgehead atoms. The maximum absolute atomic E-state index is 5.47. The van der Waals surface area contributed by atoms with Gasteiger partial charge in [0.1, 0.15) is 5.82 Å². The number of anilines is 2. The van der Waals surface area contributed by atoms with Crippen molar-refractivity contribution in [2.45, 2.75) is 44.6 Å². The van der Waals surface area contributed by atoms with E-state index in [1.54, 1.807) is 0 Å². The molecule has 1 fully saturated rings. The Labute approximate surface area is 119 Å². The van der Waals surface area contributed by atoms with Crippen molar-refractivity contribution in [1.29, 1.82) is 0 Å². The number of hydrogen-bond acceptors (Lipinski definition) is 5. The lowest BCUT2D eigenvalue weighted by Gasteiger charge is -2.18. The van der Waals surface area contributed by atoms with Crippen LogP contribution in [-0.4, -0.2) is 16.0 Å². The SMILES string of the molecule is NNc1nc(NC2CCCCCC2)c2ccccc2n1. The molecule has 5 nitrogen and oxygen atoms in total. The van der Waals surface area contributed by atoms with Crippen molar-refractivity contribution in [2.24, 2.45) is 5.84 Å². The summed E-state index contributed by atoms with van der Waals surface area (Å²) in [5.74, 6) is 6.81. The first-order valence-electron chi connectivity index (χ1n) is 7.37. The van der Waals surface area contributed by atoms with Crippen molar-refractivity contribution in [1.82, 2.24) is 9.97 Å². The van der Waals surface area contributed by atoms with Crippen LogP contribution in [-0.2, 0) is 0 Å². The highest BCUT2D eigenvalue weighted by Crippen LogP contribution is 2.25. The van der Waals surface area contributed by atoms with Crippen molar-refractivity contribution in [2.75, 3.05) is 10.7 Å². The van der Waals surface area contributed by atoms with Crippen LogP contribution in [0.2, 0.25) is 0 Å². The second kappa shape index (κ2) is 6.05. The minimum atomic E-state index is 0.458. The van der Waals surface area contributed by atoms with Crippen LogP contribution in [0.3, 0.4) is 0 Å². The van der Waals surface area contributed by atoms with Gasteiger partial charge in [-0.2, -0.15) is 4.98 Å². The van der Waals surface area contributed by atoms with E-state index in [4.69, 9.17) is 5.84 Å². The Kier molecular flexibility index (Phi) is 3.97. The maximum atomic E-state index is 5.47. The number of nitrogens with zero attached hydrogens (tertiary/aromatic N) is 2. The minimum absolute atomic E-state index is 0.458. The lowest BCUT2D eigenvalue weighted by atomic mass is 10.1. The molecule has 106 valence electrons. The quantitative estimate of drug-likeness (QED) is 0.454. The summed E-state index contributed by atoms with van der Waals surface area (Å²) in [6.45, 7) is 0. The summed E-state index contributed by atoms with van der Waals surface area (Å²) in [7, 11) is 0. The summed E-state index contributed by atoms with van der Waals surface area (Å²) in [4.78, 5) is 8.86. The van der Waals surface area contributed by atoms with E-state index < -0.39 is 0 Å². The number of nitrogens with two attached hydrogens (primary N) is 1. The van der Waals surface area contributed by atoms with Crippen molar-refractivity contribution >= 4 is 22.7 Å². The molecule has 20 heavy (non-hydrogen) atoms. The first kappa shape index (κ1) is 13.1. The van der Waals surface area contributed by atoms with Crippen LogP contribution >= 0.6 is 0 Å². The lowest BCUT2D eigenvalue weighted by molar-refractivity contribution is 0.618. The third-order valence-electron chi connectivity index (χ3n) is 3.93. The van der Waals surface area contributed by atoms with Gasteiger partial charge in [0.15, 0.2) is 0 Å². The van der Waals surface area contributed by atoms with Gasteiger partial charge in [0.05, 0.1) is 5.52 Å². The van der Waals surface area contributed by atoms with Gasteiger partial charge in [-0.15, -0.1) is 0 Å². The molecule has 0 spiro atoms. The summed E-state index contributed by atoms with van der Waals surface area (Å²) in [5, 5.41) is 4.64. The summed E-state index contributed by atoms with van der Waals surface area (Å²) in [6, 6.07) is 8.52. The summed E-state index contributed by atoms with van der Waals surface area (Å²) < 4.78 is 0. The summed E-state index contributed by atoms with van der Waals surface area (Å²) >= 11 is 0. The van der Waals surface area contributed by atoms with Gasteiger partial charge in [-0.05, 0) is 25.0 Å². The molecule has 1 heterocycles. The van der Waals surface area contributed by atoms with Gasteiger partial charge >= 0.3 is 0 Å². The number of fused-ring (bicyclic) bond motifs is 1. The first-order valence-corrected chi connectivity index (χ1v) is 7.37. The second-order valence-corrected chi connectivity index (χ2v) is 5.39. The fraction of sp³-hybridized carbons (Fsp3) is 0.467. The standard InChI is InChI=1S/C15H21N5/c16-20-15-18-13-10-6-5-9-12(13)14(19-15)17-11-7-3-1-2-4-8-11/h5-6,9-11H,1-4,7-8,16H2,(H2,17,18,19,20). The molecule has 5 heteroatoms. The molecular formula is C15H21N5. The Bertz CT molecular complexity index is 575. The Hall–Kier alpha value is -1.88. The van der Waals surface area contributed by atoms with E-state index in [1.807, 2.05) is 18.2 Å². The van der Waals surface area contributed by atoms with Crippen LogP contribution in [0.5, 0.6) is 0 Å². The molecule has 0 radical (unpaired) electrons. The van der Waals surface area contributed by atoms with Crippen LogP contribution in [0, 0.1) is 0 Å². The second-order valence-electron chi connectivity index (χ2n) is 5.39.